The fraction of sp³-hybridized carbons (Fsp3) is 1.00. The van der Waals surface area contributed by atoms with E-state index in [2.05, 4.69) is 23.9 Å². The van der Waals surface area contributed by atoms with Gasteiger partial charge in [-0.3, -0.25) is 0 Å². The molecule has 0 saturated carbocycles. The van der Waals surface area contributed by atoms with Crippen LogP contribution in [-0.4, -0.2) is 62.3 Å². The molecule has 0 radical (unpaired) electrons. The van der Waals surface area contributed by atoms with Crippen molar-refractivity contribution in [3.63, 3.8) is 0 Å². The Kier molecular flexibility index (Phi) is 6.51. The van der Waals surface area contributed by atoms with Crippen molar-refractivity contribution in [1.29, 1.82) is 0 Å². The van der Waals surface area contributed by atoms with Crippen LogP contribution in [0.15, 0.2) is 0 Å². The lowest BCUT2D eigenvalue weighted by Gasteiger charge is -2.16. The van der Waals surface area contributed by atoms with Gasteiger partial charge >= 0.3 is 0 Å². The maximum atomic E-state index is 8.59. The van der Waals surface area contributed by atoms with Crippen LogP contribution in [-0.2, 0) is 0 Å². The number of rotatable bonds is 6. The lowest BCUT2D eigenvalue weighted by Crippen LogP contribution is -2.26. The summed E-state index contributed by atoms with van der Waals surface area (Å²) in [5.74, 6) is 0. The molecule has 68 valence electrons. The molecule has 0 aliphatic rings. The van der Waals surface area contributed by atoms with Gasteiger partial charge in [-0.05, 0) is 40.7 Å². The highest BCUT2D eigenvalue weighted by Crippen LogP contribution is 1.87. The molecule has 1 N–H and O–H groups in total. The van der Waals surface area contributed by atoms with Crippen molar-refractivity contribution in [3.8, 4) is 0 Å². The fourth-order valence-corrected chi connectivity index (χ4v) is 0.939. The molecule has 0 amide bonds. The highest BCUT2D eigenvalue weighted by atomic mass is 16.3. The van der Waals surface area contributed by atoms with E-state index >= 15 is 0 Å². The summed E-state index contributed by atoms with van der Waals surface area (Å²) >= 11 is 0. The van der Waals surface area contributed by atoms with Crippen molar-refractivity contribution in [2.24, 2.45) is 0 Å². The van der Waals surface area contributed by atoms with Crippen molar-refractivity contribution in [1.82, 2.24) is 9.80 Å². The van der Waals surface area contributed by atoms with Gasteiger partial charge in [-0.1, -0.05) is 0 Å². The molecule has 3 heteroatoms. The fourth-order valence-electron chi connectivity index (χ4n) is 0.939. The van der Waals surface area contributed by atoms with E-state index in [1.807, 2.05) is 7.05 Å². The second-order valence-corrected chi connectivity index (χ2v) is 3.18. The van der Waals surface area contributed by atoms with E-state index in [0.717, 1.165) is 19.6 Å². The molecular formula is C8H20N2O. The predicted octanol–water partition coefficient (Wildman–Crippen LogP) is -0.138. The van der Waals surface area contributed by atoms with Crippen molar-refractivity contribution in [3.05, 3.63) is 0 Å². The highest BCUT2D eigenvalue weighted by Gasteiger charge is 1.96. The van der Waals surface area contributed by atoms with Crippen LogP contribution in [0.1, 0.15) is 6.42 Å². The second-order valence-electron chi connectivity index (χ2n) is 3.18. The number of hydrogen-bond acceptors (Lipinski definition) is 3. The molecule has 0 aliphatic carbocycles. The van der Waals surface area contributed by atoms with E-state index in [9.17, 15) is 0 Å². The van der Waals surface area contributed by atoms with Crippen LogP contribution in [0.2, 0.25) is 0 Å². The topological polar surface area (TPSA) is 26.7 Å². The maximum Gasteiger partial charge on any atom is 0.0558 e. The molecule has 0 bridgehead atoms. The summed E-state index contributed by atoms with van der Waals surface area (Å²) < 4.78 is 0. The summed E-state index contributed by atoms with van der Waals surface area (Å²) in [6.07, 6.45) is 1.17. The molecule has 0 heterocycles. The molecule has 0 atom stereocenters. The molecular weight excluding hydrogens is 140 g/mol. The van der Waals surface area contributed by atoms with Crippen LogP contribution < -0.4 is 0 Å². The minimum atomic E-state index is 0.262. The largest absolute Gasteiger partial charge is 0.395 e. The zero-order chi connectivity index (χ0) is 8.69. The van der Waals surface area contributed by atoms with Gasteiger partial charge in [-0.2, -0.15) is 0 Å². The van der Waals surface area contributed by atoms with Crippen LogP contribution in [0.3, 0.4) is 0 Å². The van der Waals surface area contributed by atoms with E-state index in [1.165, 1.54) is 6.42 Å². The quantitative estimate of drug-likeness (QED) is 0.586. The van der Waals surface area contributed by atoms with Crippen LogP contribution in [0, 0.1) is 0 Å². The third kappa shape index (κ3) is 7.78. The summed E-state index contributed by atoms with van der Waals surface area (Å²) in [5, 5.41) is 8.59. The summed E-state index contributed by atoms with van der Waals surface area (Å²) in [6, 6.07) is 0. The van der Waals surface area contributed by atoms with Gasteiger partial charge in [0.1, 0.15) is 0 Å². The van der Waals surface area contributed by atoms with Crippen LogP contribution >= 0.6 is 0 Å². The molecule has 0 rings (SSSR count). The monoisotopic (exact) mass is 160 g/mol. The van der Waals surface area contributed by atoms with Gasteiger partial charge in [0.15, 0.2) is 0 Å². The van der Waals surface area contributed by atoms with Crippen molar-refractivity contribution in [2.75, 3.05) is 47.4 Å². The van der Waals surface area contributed by atoms with Gasteiger partial charge in [-0.25, -0.2) is 0 Å². The first-order chi connectivity index (χ1) is 5.16. The minimum absolute atomic E-state index is 0.262. The molecule has 0 saturated heterocycles. The predicted molar refractivity (Wildman–Crippen MR) is 47.8 cm³/mol. The molecule has 0 aromatic heterocycles. The Hall–Kier alpha value is -0.120. The number of aliphatic hydroxyl groups is 1. The molecule has 0 unspecified atom stereocenters. The Balaban J connectivity index is 3.10. The minimum Gasteiger partial charge on any atom is -0.395 e. The molecule has 11 heavy (non-hydrogen) atoms. The number of hydrogen-bond donors (Lipinski definition) is 1. The Labute approximate surface area is 69.6 Å². The first-order valence-electron chi connectivity index (χ1n) is 4.11. The molecule has 0 aromatic rings. The Morgan fingerprint density at radius 1 is 1.00 bits per heavy atom. The second kappa shape index (κ2) is 6.58. The molecule has 0 aromatic carbocycles. The van der Waals surface area contributed by atoms with Gasteiger partial charge in [0.25, 0.3) is 0 Å². The Morgan fingerprint density at radius 2 is 1.64 bits per heavy atom. The number of nitrogens with zero attached hydrogens (tertiary/aromatic N) is 2. The lowest BCUT2D eigenvalue weighted by atomic mass is 10.4. The number of aliphatic hydroxyl groups excluding tert-OH is 1. The van der Waals surface area contributed by atoms with Crippen LogP contribution in [0.5, 0.6) is 0 Å². The zero-order valence-corrected chi connectivity index (χ0v) is 7.88. The Bertz CT molecular complexity index is 86.2. The third-order valence-electron chi connectivity index (χ3n) is 1.63. The normalized spacial score (nSPS) is 11.5. The maximum absolute atomic E-state index is 8.59. The smallest absolute Gasteiger partial charge is 0.0558 e. The lowest BCUT2D eigenvalue weighted by molar-refractivity contribution is 0.215. The number of likely N-dealkylation sites (N-methyl/N-ethyl adjacent to an activating group) is 1. The standard InChI is InChI=1S/C8H20N2O/c1-9(2)5-4-6-10(3)7-8-11/h11H,4-8H2,1-3H3. The van der Waals surface area contributed by atoms with E-state index in [-0.39, 0.29) is 6.61 Å². The summed E-state index contributed by atoms with van der Waals surface area (Å²) in [4.78, 5) is 4.32. The first-order valence-corrected chi connectivity index (χ1v) is 4.11. The van der Waals surface area contributed by atoms with Crippen LogP contribution in [0.25, 0.3) is 0 Å². The van der Waals surface area contributed by atoms with Gasteiger partial charge in [0.05, 0.1) is 6.61 Å². The third-order valence-corrected chi connectivity index (χ3v) is 1.63. The van der Waals surface area contributed by atoms with Gasteiger partial charge in [0.2, 0.25) is 0 Å². The van der Waals surface area contributed by atoms with E-state index < -0.39 is 0 Å². The van der Waals surface area contributed by atoms with E-state index in [4.69, 9.17) is 5.11 Å². The highest BCUT2D eigenvalue weighted by molar-refractivity contribution is 4.52. The Morgan fingerprint density at radius 3 is 2.09 bits per heavy atom. The average molecular weight is 160 g/mol. The van der Waals surface area contributed by atoms with E-state index in [1.54, 1.807) is 0 Å². The summed E-state index contributed by atoms with van der Waals surface area (Å²) in [6.45, 7) is 3.24. The zero-order valence-electron chi connectivity index (χ0n) is 7.88. The first kappa shape index (κ1) is 10.9. The SMILES string of the molecule is CN(C)CCCN(C)CCO. The van der Waals surface area contributed by atoms with Crippen molar-refractivity contribution in [2.45, 2.75) is 6.42 Å². The molecule has 0 fully saturated rings. The van der Waals surface area contributed by atoms with Gasteiger partial charge in [0, 0.05) is 6.54 Å². The summed E-state index contributed by atoms with van der Waals surface area (Å²) in [7, 11) is 6.18. The van der Waals surface area contributed by atoms with E-state index in [0.29, 0.717) is 0 Å². The molecule has 0 aliphatic heterocycles. The summed E-state index contributed by atoms with van der Waals surface area (Å²) in [5.41, 5.74) is 0. The van der Waals surface area contributed by atoms with Crippen molar-refractivity contribution >= 4 is 0 Å². The average Bonchev–Trinajstić information content (AvgIpc) is 1.87. The van der Waals surface area contributed by atoms with Gasteiger partial charge in [-0.15, -0.1) is 0 Å². The van der Waals surface area contributed by atoms with Gasteiger partial charge < -0.3 is 14.9 Å². The van der Waals surface area contributed by atoms with Crippen molar-refractivity contribution < 1.29 is 5.11 Å². The molecule has 3 nitrogen and oxygen atoms in total. The van der Waals surface area contributed by atoms with Crippen LogP contribution in [0.4, 0.5) is 0 Å². The molecule has 0 spiro atoms.